The molecular weight excluding hydrogens is 332 g/mol. The average molecular weight is 354 g/mol. The number of hydrogen-bond donors (Lipinski definition) is 2. The van der Waals surface area contributed by atoms with Crippen LogP contribution in [0.4, 0.5) is 10.5 Å². The van der Waals surface area contributed by atoms with Crippen molar-refractivity contribution in [1.82, 2.24) is 4.90 Å². The van der Waals surface area contributed by atoms with E-state index in [2.05, 4.69) is 5.32 Å². The third-order valence-corrected chi connectivity index (χ3v) is 4.42. The number of benzene rings is 2. The monoisotopic (exact) mass is 354 g/mol. The normalized spacial score (nSPS) is 16.8. The molecule has 6 nitrogen and oxygen atoms in total. The highest BCUT2D eigenvalue weighted by Crippen LogP contribution is 2.24. The zero-order valence-corrected chi connectivity index (χ0v) is 14.6. The fourth-order valence-electron chi connectivity index (χ4n) is 2.91. The summed E-state index contributed by atoms with van der Waals surface area (Å²) < 4.78 is 5.76. The van der Waals surface area contributed by atoms with Crippen LogP contribution < -0.4 is 10.1 Å². The number of nitrogens with one attached hydrogen (secondary N) is 1. The van der Waals surface area contributed by atoms with Crippen LogP contribution in [-0.2, 0) is 4.79 Å². The lowest BCUT2D eigenvalue weighted by Crippen LogP contribution is -2.44. The fourth-order valence-corrected chi connectivity index (χ4v) is 2.91. The Hall–Kier alpha value is -3.02. The average Bonchev–Trinajstić information content (AvgIpc) is 2.65. The highest BCUT2D eigenvalue weighted by molar-refractivity contribution is 5.89. The van der Waals surface area contributed by atoms with E-state index >= 15 is 0 Å². The summed E-state index contributed by atoms with van der Waals surface area (Å²) in [5, 5.41) is 11.9. The molecule has 1 aliphatic heterocycles. The summed E-state index contributed by atoms with van der Waals surface area (Å²) in [7, 11) is 0. The Morgan fingerprint density at radius 2 is 1.69 bits per heavy atom. The first kappa shape index (κ1) is 17.8. The predicted molar refractivity (Wildman–Crippen MR) is 98.6 cm³/mol. The zero-order chi connectivity index (χ0) is 18.5. The van der Waals surface area contributed by atoms with Crippen molar-refractivity contribution in [2.75, 3.05) is 18.4 Å². The maximum atomic E-state index is 12.3. The first-order valence-corrected chi connectivity index (χ1v) is 8.64. The van der Waals surface area contributed by atoms with Gasteiger partial charge in [0, 0.05) is 18.8 Å². The minimum atomic E-state index is -0.847. The minimum Gasteiger partial charge on any atom is -0.481 e. The molecule has 2 aromatic rings. The van der Waals surface area contributed by atoms with E-state index in [-0.39, 0.29) is 12.6 Å². The Bertz CT molecular complexity index is 771. The van der Waals surface area contributed by atoms with E-state index in [1.54, 1.807) is 29.2 Å². The van der Waals surface area contributed by atoms with E-state index in [0.717, 1.165) is 5.75 Å². The van der Waals surface area contributed by atoms with Gasteiger partial charge in [0.1, 0.15) is 11.5 Å². The number of urea groups is 1. The van der Waals surface area contributed by atoms with Crippen LogP contribution in [0.25, 0.3) is 0 Å². The molecule has 2 amide bonds. The summed E-state index contributed by atoms with van der Waals surface area (Å²) in [6.07, 6.45) is 1.32. The van der Waals surface area contributed by atoms with Gasteiger partial charge in [-0.05, 0) is 56.2 Å². The quantitative estimate of drug-likeness (QED) is 0.866. The van der Waals surface area contributed by atoms with Gasteiger partial charge in [0.25, 0.3) is 0 Å². The molecule has 1 atom stereocenters. The van der Waals surface area contributed by atoms with Gasteiger partial charge >= 0.3 is 12.0 Å². The number of carbonyl (C=O) groups excluding carboxylic acids is 1. The number of carbonyl (C=O) groups is 2. The molecule has 136 valence electrons. The molecule has 0 spiro atoms. The van der Waals surface area contributed by atoms with Gasteiger partial charge in [-0.15, -0.1) is 0 Å². The van der Waals surface area contributed by atoms with Crippen molar-refractivity contribution in [3.63, 3.8) is 0 Å². The van der Waals surface area contributed by atoms with E-state index in [9.17, 15) is 9.59 Å². The van der Waals surface area contributed by atoms with E-state index in [1.165, 1.54) is 5.56 Å². The van der Waals surface area contributed by atoms with Gasteiger partial charge in [-0.3, -0.25) is 4.79 Å². The van der Waals surface area contributed by atoms with Crippen LogP contribution in [0.2, 0.25) is 0 Å². The molecule has 0 bridgehead atoms. The van der Waals surface area contributed by atoms with Gasteiger partial charge in [-0.2, -0.15) is 0 Å². The number of aliphatic carboxylic acids is 1. The first-order valence-electron chi connectivity index (χ1n) is 8.64. The van der Waals surface area contributed by atoms with E-state index < -0.39 is 11.9 Å². The SMILES string of the molecule is Cc1ccc(Oc2ccc(NC(=O)N3CCCC(C(=O)O)C3)cc2)cc1. The summed E-state index contributed by atoms with van der Waals surface area (Å²) in [6.45, 7) is 2.84. The Balaban J connectivity index is 1.57. The van der Waals surface area contributed by atoms with Crippen LogP contribution in [-0.4, -0.2) is 35.1 Å². The van der Waals surface area contributed by atoms with Crippen LogP contribution in [0.3, 0.4) is 0 Å². The lowest BCUT2D eigenvalue weighted by molar-refractivity contribution is -0.143. The third-order valence-electron chi connectivity index (χ3n) is 4.42. The number of rotatable bonds is 4. The van der Waals surface area contributed by atoms with Gasteiger partial charge in [0.05, 0.1) is 5.92 Å². The summed E-state index contributed by atoms with van der Waals surface area (Å²) in [5.74, 6) is 0.0936. The molecule has 1 fully saturated rings. The molecule has 0 aliphatic carbocycles. The molecule has 0 saturated carbocycles. The molecule has 2 N–H and O–H groups in total. The van der Waals surface area contributed by atoms with Gasteiger partial charge in [-0.1, -0.05) is 17.7 Å². The fraction of sp³-hybridized carbons (Fsp3) is 0.300. The highest BCUT2D eigenvalue weighted by atomic mass is 16.5. The van der Waals surface area contributed by atoms with E-state index in [0.29, 0.717) is 30.8 Å². The molecular formula is C20H22N2O4. The second-order valence-corrected chi connectivity index (χ2v) is 6.49. The van der Waals surface area contributed by atoms with Gasteiger partial charge in [0.2, 0.25) is 0 Å². The molecule has 1 heterocycles. The van der Waals surface area contributed by atoms with E-state index in [4.69, 9.17) is 9.84 Å². The number of carboxylic acid groups (broad SMARTS) is 1. The summed E-state index contributed by atoms with van der Waals surface area (Å²) >= 11 is 0. The maximum absolute atomic E-state index is 12.3. The lowest BCUT2D eigenvalue weighted by atomic mass is 9.99. The van der Waals surface area contributed by atoms with Gasteiger partial charge in [0.15, 0.2) is 0 Å². The molecule has 1 aliphatic rings. The maximum Gasteiger partial charge on any atom is 0.321 e. The summed E-state index contributed by atoms with van der Waals surface area (Å²) in [4.78, 5) is 25.0. The van der Waals surface area contributed by atoms with Crippen molar-refractivity contribution in [2.24, 2.45) is 5.92 Å². The number of likely N-dealkylation sites (tertiary alicyclic amines) is 1. The third kappa shape index (κ3) is 4.53. The number of carboxylic acids is 1. The molecule has 6 heteroatoms. The number of nitrogens with zero attached hydrogens (tertiary/aromatic N) is 1. The van der Waals surface area contributed by atoms with Gasteiger partial charge < -0.3 is 20.1 Å². The van der Waals surface area contributed by atoms with Crippen molar-refractivity contribution < 1.29 is 19.4 Å². The number of piperidine rings is 1. The lowest BCUT2D eigenvalue weighted by Gasteiger charge is -2.30. The van der Waals surface area contributed by atoms with Crippen LogP contribution in [0.15, 0.2) is 48.5 Å². The van der Waals surface area contributed by atoms with Crippen molar-refractivity contribution in [1.29, 1.82) is 0 Å². The van der Waals surface area contributed by atoms with Crippen molar-refractivity contribution in [3.05, 3.63) is 54.1 Å². The van der Waals surface area contributed by atoms with Crippen LogP contribution >= 0.6 is 0 Å². The second-order valence-electron chi connectivity index (χ2n) is 6.49. The van der Waals surface area contributed by atoms with Crippen LogP contribution in [0.1, 0.15) is 18.4 Å². The zero-order valence-electron chi connectivity index (χ0n) is 14.6. The summed E-state index contributed by atoms with van der Waals surface area (Å²) in [6, 6.07) is 14.6. The molecule has 2 aromatic carbocycles. The number of amides is 2. The van der Waals surface area contributed by atoms with E-state index in [1.807, 2.05) is 31.2 Å². The van der Waals surface area contributed by atoms with Crippen LogP contribution in [0, 0.1) is 12.8 Å². The Labute approximate surface area is 152 Å². The minimum absolute atomic E-state index is 0.246. The van der Waals surface area contributed by atoms with Crippen LogP contribution in [0.5, 0.6) is 11.5 Å². The molecule has 26 heavy (non-hydrogen) atoms. The summed E-state index contributed by atoms with van der Waals surface area (Å²) in [5.41, 5.74) is 1.81. The highest BCUT2D eigenvalue weighted by Gasteiger charge is 2.28. The number of hydrogen-bond acceptors (Lipinski definition) is 3. The predicted octanol–water partition coefficient (Wildman–Crippen LogP) is 4.12. The number of anilines is 1. The largest absolute Gasteiger partial charge is 0.481 e. The Morgan fingerprint density at radius 1 is 1.08 bits per heavy atom. The molecule has 0 aromatic heterocycles. The van der Waals surface area contributed by atoms with Crippen molar-refractivity contribution in [3.8, 4) is 11.5 Å². The van der Waals surface area contributed by atoms with Crippen molar-refractivity contribution >= 4 is 17.7 Å². The Kier molecular flexibility index (Phi) is 5.41. The van der Waals surface area contributed by atoms with Gasteiger partial charge in [-0.25, -0.2) is 4.79 Å². The molecule has 3 rings (SSSR count). The molecule has 1 unspecified atom stereocenters. The Morgan fingerprint density at radius 3 is 2.31 bits per heavy atom. The standard InChI is InChI=1S/C20H22N2O4/c1-14-4-8-17(9-5-14)26-18-10-6-16(7-11-18)21-20(25)22-12-2-3-15(13-22)19(23)24/h4-11,15H,2-3,12-13H2,1H3,(H,21,25)(H,23,24). The first-order chi connectivity index (χ1) is 12.5. The number of ether oxygens (including phenoxy) is 1. The molecule has 0 radical (unpaired) electrons. The number of aryl methyl sites for hydroxylation is 1. The molecule has 1 saturated heterocycles. The second kappa shape index (κ2) is 7.91. The smallest absolute Gasteiger partial charge is 0.321 e. The topological polar surface area (TPSA) is 78.9 Å². The van der Waals surface area contributed by atoms with Crippen molar-refractivity contribution in [2.45, 2.75) is 19.8 Å².